The van der Waals surface area contributed by atoms with Crippen molar-refractivity contribution >= 4 is 8.07 Å². The quantitative estimate of drug-likeness (QED) is 0.598. The van der Waals surface area contributed by atoms with Gasteiger partial charge in [-0.05, 0) is 0 Å². The molecule has 62 valence electrons. The first-order chi connectivity index (χ1) is 4.15. The van der Waals surface area contributed by atoms with Crippen LogP contribution >= 0.6 is 0 Å². The molecule has 1 unspecified atom stereocenters. The standard InChI is InChI=1S/C5H11F3OSi/c1-10(2,3)4(9)5(6,7)8/h4,9H,1-3H3. The lowest BCUT2D eigenvalue weighted by Gasteiger charge is -2.25. The molecule has 0 saturated heterocycles. The van der Waals surface area contributed by atoms with Crippen LogP contribution in [0.5, 0.6) is 0 Å². The van der Waals surface area contributed by atoms with Crippen LogP contribution in [0.15, 0.2) is 0 Å². The Bertz CT molecular complexity index is 101. The summed E-state index contributed by atoms with van der Waals surface area (Å²) in [6.07, 6.45) is -4.44. The predicted octanol–water partition coefficient (Wildman–Crippen LogP) is 1.79. The van der Waals surface area contributed by atoms with Gasteiger partial charge in [0.2, 0.25) is 0 Å². The summed E-state index contributed by atoms with van der Waals surface area (Å²) in [5.41, 5.74) is -2.10. The number of aliphatic hydroxyl groups excluding tert-OH is 1. The Kier molecular flexibility index (Phi) is 2.53. The fourth-order valence-corrected chi connectivity index (χ4v) is 1.47. The Labute approximate surface area is 58.9 Å². The van der Waals surface area contributed by atoms with Gasteiger partial charge in [-0.1, -0.05) is 19.6 Å². The monoisotopic (exact) mass is 172 g/mol. The van der Waals surface area contributed by atoms with Gasteiger partial charge in [-0.2, -0.15) is 13.2 Å². The zero-order valence-electron chi connectivity index (χ0n) is 6.16. The number of aliphatic hydroxyl groups is 1. The van der Waals surface area contributed by atoms with Crippen molar-refractivity contribution in [2.45, 2.75) is 31.5 Å². The van der Waals surface area contributed by atoms with Gasteiger partial charge in [0.05, 0.1) is 8.07 Å². The highest BCUT2D eigenvalue weighted by Gasteiger charge is 2.46. The van der Waals surface area contributed by atoms with Crippen molar-refractivity contribution in [3.8, 4) is 0 Å². The maximum Gasteiger partial charge on any atom is 0.411 e. The van der Waals surface area contributed by atoms with E-state index in [0.29, 0.717) is 0 Å². The number of halogens is 3. The fraction of sp³-hybridized carbons (Fsp3) is 1.00. The molecule has 0 aromatic heterocycles. The van der Waals surface area contributed by atoms with Gasteiger partial charge in [0, 0.05) is 0 Å². The van der Waals surface area contributed by atoms with Crippen molar-refractivity contribution in [2.75, 3.05) is 0 Å². The second kappa shape index (κ2) is 2.54. The highest BCUT2D eigenvalue weighted by atomic mass is 28.3. The van der Waals surface area contributed by atoms with Gasteiger partial charge < -0.3 is 5.11 Å². The maximum atomic E-state index is 11.7. The minimum atomic E-state index is -4.44. The molecule has 0 rings (SSSR count). The van der Waals surface area contributed by atoms with Crippen LogP contribution in [0.4, 0.5) is 13.2 Å². The molecular formula is C5H11F3OSi. The molecule has 0 aliphatic heterocycles. The Morgan fingerprint density at radius 3 is 1.50 bits per heavy atom. The molecule has 0 heterocycles. The van der Waals surface area contributed by atoms with Crippen LogP contribution in [0.2, 0.25) is 19.6 Å². The summed E-state index contributed by atoms with van der Waals surface area (Å²) >= 11 is 0. The molecule has 1 nitrogen and oxygen atoms in total. The van der Waals surface area contributed by atoms with Crippen LogP contribution in [0.3, 0.4) is 0 Å². The first-order valence-electron chi connectivity index (χ1n) is 2.90. The van der Waals surface area contributed by atoms with Crippen molar-refractivity contribution in [2.24, 2.45) is 0 Å². The summed E-state index contributed by atoms with van der Waals surface area (Å²) < 4.78 is 35.2. The molecule has 0 bridgehead atoms. The molecular weight excluding hydrogens is 161 g/mol. The smallest absolute Gasteiger partial charge is 0.387 e. The first kappa shape index (κ1) is 9.97. The van der Waals surface area contributed by atoms with Crippen LogP contribution < -0.4 is 0 Å². The molecule has 0 aliphatic carbocycles. The molecule has 1 atom stereocenters. The van der Waals surface area contributed by atoms with Crippen LogP contribution in [0.1, 0.15) is 0 Å². The third-order valence-corrected chi connectivity index (χ3v) is 3.10. The average molecular weight is 172 g/mol. The molecule has 0 spiro atoms. The van der Waals surface area contributed by atoms with Gasteiger partial charge in [0.25, 0.3) is 0 Å². The van der Waals surface area contributed by atoms with Crippen LogP contribution in [-0.4, -0.2) is 25.1 Å². The van der Waals surface area contributed by atoms with E-state index in [1.165, 1.54) is 19.6 Å². The topological polar surface area (TPSA) is 20.2 Å². The summed E-state index contributed by atoms with van der Waals surface area (Å²) in [6.45, 7) is 4.43. The third kappa shape index (κ3) is 2.70. The van der Waals surface area contributed by atoms with Crippen molar-refractivity contribution in [3.05, 3.63) is 0 Å². The Balaban J connectivity index is 4.23. The summed E-state index contributed by atoms with van der Waals surface area (Å²) in [6, 6.07) is 0. The maximum absolute atomic E-state index is 11.7. The molecule has 0 saturated carbocycles. The number of hydrogen-bond donors (Lipinski definition) is 1. The predicted molar refractivity (Wildman–Crippen MR) is 35.4 cm³/mol. The van der Waals surface area contributed by atoms with E-state index in [1.807, 2.05) is 0 Å². The molecule has 0 radical (unpaired) electrons. The van der Waals surface area contributed by atoms with E-state index < -0.39 is 20.0 Å². The van der Waals surface area contributed by atoms with E-state index in [2.05, 4.69) is 0 Å². The SMILES string of the molecule is C[Si](C)(C)C(O)C(F)(F)F. The van der Waals surface area contributed by atoms with Gasteiger partial charge in [-0.25, -0.2) is 0 Å². The summed E-state index contributed by atoms with van der Waals surface area (Å²) in [5.74, 6) is 0. The average Bonchev–Trinajstić information content (AvgIpc) is 1.59. The molecule has 0 amide bonds. The normalized spacial score (nSPS) is 17.1. The van der Waals surface area contributed by atoms with E-state index in [0.717, 1.165) is 0 Å². The largest absolute Gasteiger partial charge is 0.411 e. The van der Waals surface area contributed by atoms with Gasteiger partial charge in [0.15, 0.2) is 0 Å². The summed E-state index contributed by atoms with van der Waals surface area (Å²) in [5, 5.41) is 8.66. The van der Waals surface area contributed by atoms with Gasteiger partial charge in [-0.3, -0.25) is 0 Å². The van der Waals surface area contributed by atoms with E-state index in [9.17, 15) is 13.2 Å². The minimum Gasteiger partial charge on any atom is -0.387 e. The lowest BCUT2D eigenvalue weighted by molar-refractivity contribution is -0.179. The molecule has 10 heavy (non-hydrogen) atoms. The van der Waals surface area contributed by atoms with Crippen LogP contribution in [0.25, 0.3) is 0 Å². The highest BCUT2D eigenvalue weighted by Crippen LogP contribution is 2.26. The molecule has 5 heteroatoms. The summed E-state index contributed by atoms with van der Waals surface area (Å²) in [4.78, 5) is 0. The number of alkyl halides is 3. The van der Waals surface area contributed by atoms with Crippen molar-refractivity contribution in [1.82, 2.24) is 0 Å². The van der Waals surface area contributed by atoms with E-state index in [-0.39, 0.29) is 0 Å². The Morgan fingerprint density at radius 1 is 1.20 bits per heavy atom. The van der Waals surface area contributed by atoms with Gasteiger partial charge >= 0.3 is 6.18 Å². The van der Waals surface area contributed by atoms with E-state index in [4.69, 9.17) is 5.11 Å². The lowest BCUT2D eigenvalue weighted by atomic mass is 10.7. The van der Waals surface area contributed by atoms with Gasteiger partial charge in [-0.15, -0.1) is 0 Å². The zero-order chi connectivity index (χ0) is 8.58. The Morgan fingerprint density at radius 2 is 1.50 bits per heavy atom. The van der Waals surface area contributed by atoms with Crippen molar-refractivity contribution in [1.29, 1.82) is 0 Å². The molecule has 0 fully saturated rings. The molecule has 0 aromatic rings. The molecule has 1 N–H and O–H groups in total. The van der Waals surface area contributed by atoms with Gasteiger partial charge in [0.1, 0.15) is 5.73 Å². The zero-order valence-corrected chi connectivity index (χ0v) is 7.16. The third-order valence-electron chi connectivity index (χ3n) is 1.13. The van der Waals surface area contributed by atoms with E-state index >= 15 is 0 Å². The second-order valence-electron chi connectivity index (χ2n) is 3.31. The number of hydrogen-bond acceptors (Lipinski definition) is 1. The first-order valence-corrected chi connectivity index (χ1v) is 6.48. The second-order valence-corrected chi connectivity index (χ2v) is 8.59. The Hall–Kier alpha value is -0.0331. The number of rotatable bonds is 1. The molecule has 0 aromatic carbocycles. The van der Waals surface area contributed by atoms with Crippen LogP contribution in [0, 0.1) is 0 Å². The fourth-order valence-electron chi connectivity index (χ4n) is 0.491. The van der Waals surface area contributed by atoms with Crippen molar-refractivity contribution < 1.29 is 18.3 Å². The van der Waals surface area contributed by atoms with Crippen LogP contribution in [-0.2, 0) is 0 Å². The lowest BCUT2D eigenvalue weighted by Crippen LogP contribution is -2.48. The van der Waals surface area contributed by atoms with Crippen molar-refractivity contribution in [3.63, 3.8) is 0 Å². The summed E-state index contributed by atoms with van der Waals surface area (Å²) in [7, 11) is -2.47. The van der Waals surface area contributed by atoms with E-state index in [1.54, 1.807) is 0 Å². The minimum absolute atomic E-state index is 1.48. The highest BCUT2D eigenvalue weighted by molar-refractivity contribution is 6.77. The molecule has 0 aliphatic rings.